The summed E-state index contributed by atoms with van der Waals surface area (Å²) in [6.07, 6.45) is 4.39. The minimum atomic E-state index is 0. The standard InChI is InChI=1S/C20H28ClN5O.ClH/c1-25-18-7-6-15(21)10-17(18)24-19(25)13-26-9-3-4-14(12-26)11-23-20(27)16-5-2-8-22-16;/h6-7,10,14,16,22H,2-5,8-9,11-13H2,1H3,(H,23,27);1H. The Bertz CT molecular complexity index is 818. The summed E-state index contributed by atoms with van der Waals surface area (Å²) < 4.78 is 2.16. The van der Waals surface area contributed by atoms with Gasteiger partial charge in [0.1, 0.15) is 5.82 Å². The molecule has 6 nitrogen and oxygen atoms in total. The Hall–Kier alpha value is -1.34. The van der Waals surface area contributed by atoms with Crippen LogP contribution in [0.3, 0.4) is 0 Å². The van der Waals surface area contributed by atoms with Crippen molar-refractivity contribution in [2.45, 2.75) is 38.3 Å². The Morgan fingerprint density at radius 1 is 1.36 bits per heavy atom. The summed E-state index contributed by atoms with van der Waals surface area (Å²) in [5, 5.41) is 7.14. The molecule has 28 heavy (non-hydrogen) atoms. The van der Waals surface area contributed by atoms with Crippen molar-refractivity contribution in [2.75, 3.05) is 26.2 Å². The predicted molar refractivity (Wildman–Crippen MR) is 115 cm³/mol. The SMILES string of the molecule is Cl.Cn1c(CN2CCCC(CNC(=O)C3CCCN3)C2)nc2cc(Cl)ccc21. The van der Waals surface area contributed by atoms with Crippen LogP contribution in [0.4, 0.5) is 0 Å². The van der Waals surface area contributed by atoms with Crippen molar-refractivity contribution in [2.24, 2.45) is 13.0 Å². The summed E-state index contributed by atoms with van der Waals surface area (Å²) in [5.74, 6) is 1.73. The van der Waals surface area contributed by atoms with E-state index in [-0.39, 0.29) is 24.4 Å². The number of amides is 1. The minimum absolute atomic E-state index is 0. The van der Waals surface area contributed by atoms with Crippen molar-refractivity contribution in [3.63, 3.8) is 0 Å². The molecule has 8 heteroatoms. The van der Waals surface area contributed by atoms with E-state index >= 15 is 0 Å². The van der Waals surface area contributed by atoms with Gasteiger partial charge in [-0.1, -0.05) is 11.6 Å². The van der Waals surface area contributed by atoms with E-state index in [9.17, 15) is 4.79 Å². The summed E-state index contributed by atoms with van der Waals surface area (Å²) >= 11 is 6.10. The first-order valence-electron chi connectivity index (χ1n) is 9.94. The lowest BCUT2D eigenvalue weighted by Gasteiger charge is -2.32. The van der Waals surface area contributed by atoms with Gasteiger partial charge >= 0.3 is 0 Å². The smallest absolute Gasteiger partial charge is 0.237 e. The van der Waals surface area contributed by atoms with Gasteiger partial charge < -0.3 is 15.2 Å². The van der Waals surface area contributed by atoms with Gasteiger partial charge in [-0.15, -0.1) is 12.4 Å². The molecule has 1 amide bonds. The van der Waals surface area contributed by atoms with Gasteiger partial charge in [0, 0.05) is 25.2 Å². The summed E-state index contributed by atoms with van der Waals surface area (Å²) in [4.78, 5) is 19.5. The number of carbonyl (C=O) groups excluding carboxylic acids is 1. The molecule has 2 aliphatic rings. The van der Waals surface area contributed by atoms with Crippen LogP contribution >= 0.6 is 24.0 Å². The second kappa shape index (κ2) is 9.44. The molecule has 2 atom stereocenters. The molecule has 4 rings (SSSR count). The van der Waals surface area contributed by atoms with Crippen molar-refractivity contribution in [1.29, 1.82) is 0 Å². The molecule has 2 unspecified atom stereocenters. The van der Waals surface area contributed by atoms with E-state index in [1.165, 1.54) is 6.42 Å². The number of nitrogens with zero attached hydrogens (tertiary/aromatic N) is 3. The van der Waals surface area contributed by atoms with Gasteiger partial charge in [0.25, 0.3) is 0 Å². The van der Waals surface area contributed by atoms with Crippen LogP contribution in [0, 0.1) is 5.92 Å². The topological polar surface area (TPSA) is 62.2 Å². The molecule has 0 saturated carbocycles. The van der Waals surface area contributed by atoms with Crippen molar-refractivity contribution < 1.29 is 4.79 Å². The van der Waals surface area contributed by atoms with Crippen LogP contribution in [-0.4, -0.2) is 52.6 Å². The highest BCUT2D eigenvalue weighted by Gasteiger charge is 2.25. The van der Waals surface area contributed by atoms with E-state index in [0.29, 0.717) is 5.92 Å². The van der Waals surface area contributed by atoms with Crippen molar-refractivity contribution >= 4 is 40.9 Å². The number of imidazole rings is 1. The van der Waals surface area contributed by atoms with Crippen molar-refractivity contribution in [3.05, 3.63) is 29.0 Å². The largest absolute Gasteiger partial charge is 0.354 e. The number of hydrogen-bond acceptors (Lipinski definition) is 4. The summed E-state index contributed by atoms with van der Waals surface area (Å²) in [7, 11) is 2.06. The van der Waals surface area contributed by atoms with E-state index < -0.39 is 0 Å². The van der Waals surface area contributed by atoms with E-state index in [0.717, 1.165) is 73.9 Å². The molecular weight excluding hydrogens is 397 g/mol. The van der Waals surface area contributed by atoms with E-state index in [1.54, 1.807) is 0 Å². The third kappa shape index (κ3) is 4.79. The average molecular weight is 426 g/mol. The van der Waals surface area contributed by atoms with Gasteiger partial charge in [-0.3, -0.25) is 9.69 Å². The third-order valence-electron chi connectivity index (χ3n) is 5.85. The van der Waals surface area contributed by atoms with Gasteiger partial charge in [0.05, 0.1) is 23.6 Å². The molecule has 2 aromatic rings. The lowest BCUT2D eigenvalue weighted by molar-refractivity contribution is -0.123. The molecule has 3 heterocycles. The number of rotatable bonds is 5. The first kappa shape index (κ1) is 21.4. The normalized spacial score (nSPS) is 22.9. The Morgan fingerprint density at radius 2 is 2.21 bits per heavy atom. The van der Waals surface area contributed by atoms with Crippen molar-refractivity contribution in [1.82, 2.24) is 25.1 Å². The fourth-order valence-electron chi connectivity index (χ4n) is 4.30. The van der Waals surface area contributed by atoms with Gasteiger partial charge in [-0.25, -0.2) is 4.98 Å². The predicted octanol–water partition coefficient (Wildman–Crippen LogP) is 2.73. The zero-order valence-electron chi connectivity index (χ0n) is 16.3. The van der Waals surface area contributed by atoms with Crippen LogP contribution in [0.2, 0.25) is 5.02 Å². The first-order chi connectivity index (χ1) is 13.1. The molecule has 0 aliphatic carbocycles. The van der Waals surface area contributed by atoms with Crippen LogP contribution in [0.5, 0.6) is 0 Å². The number of hydrogen-bond donors (Lipinski definition) is 2. The molecule has 0 spiro atoms. The number of nitrogens with one attached hydrogen (secondary N) is 2. The monoisotopic (exact) mass is 425 g/mol. The number of benzene rings is 1. The maximum absolute atomic E-state index is 12.2. The molecule has 1 aromatic heterocycles. The highest BCUT2D eigenvalue weighted by Crippen LogP contribution is 2.22. The Morgan fingerprint density at radius 3 is 3.00 bits per heavy atom. The molecule has 154 valence electrons. The molecule has 2 fully saturated rings. The van der Waals surface area contributed by atoms with Crippen LogP contribution in [0.1, 0.15) is 31.5 Å². The zero-order valence-corrected chi connectivity index (χ0v) is 17.9. The zero-order chi connectivity index (χ0) is 18.8. The molecular formula is C20H29Cl2N5O. The number of likely N-dealkylation sites (tertiary alicyclic amines) is 1. The second-order valence-electron chi connectivity index (χ2n) is 7.86. The van der Waals surface area contributed by atoms with Crippen LogP contribution in [0.25, 0.3) is 11.0 Å². The quantitative estimate of drug-likeness (QED) is 0.772. The number of aromatic nitrogens is 2. The van der Waals surface area contributed by atoms with E-state index in [4.69, 9.17) is 16.6 Å². The fourth-order valence-corrected chi connectivity index (χ4v) is 4.47. The summed E-state index contributed by atoms with van der Waals surface area (Å²) in [5.41, 5.74) is 2.06. The Kier molecular flexibility index (Phi) is 7.20. The van der Waals surface area contributed by atoms with E-state index in [1.807, 2.05) is 18.2 Å². The van der Waals surface area contributed by atoms with Crippen molar-refractivity contribution in [3.8, 4) is 0 Å². The highest BCUT2D eigenvalue weighted by molar-refractivity contribution is 6.31. The number of carbonyl (C=O) groups is 1. The lowest BCUT2D eigenvalue weighted by atomic mass is 9.98. The second-order valence-corrected chi connectivity index (χ2v) is 8.29. The highest BCUT2D eigenvalue weighted by atomic mass is 35.5. The minimum Gasteiger partial charge on any atom is -0.354 e. The van der Waals surface area contributed by atoms with Crippen LogP contribution in [-0.2, 0) is 18.4 Å². The molecule has 2 N–H and O–H groups in total. The van der Waals surface area contributed by atoms with E-state index in [2.05, 4.69) is 27.1 Å². The third-order valence-corrected chi connectivity index (χ3v) is 6.08. The molecule has 2 saturated heterocycles. The summed E-state index contributed by atoms with van der Waals surface area (Å²) in [6.45, 7) is 4.64. The number of halogens is 2. The maximum Gasteiger partial charge on any atom is 0.237 e. The van der Waals surface area contributed by atoms with Crippen LogP contribution in [0.15, 0.2) is 18.2 Å². The molecule has 0 bridgehead atoms. The fraction of sp³-hybridized carbons (Fsp3) is 0.600. The number of piperidine rings is 1. The first-order valence-corrected chi connectivity index (χ1v) is 10.3. The number of fused-ring (bicyclic) bond motifs is 1. The molecule has 1 aromatic carbocycles. The molecule has 0 radical (unpaired) electrons. The molecule has 2 aliphatic heterocycles. The van der Waals surface area contributed by atoms with Gasteiger partial charge in [-0.2, -0.15) is 0 Å². The average Bonchev–Trinajstić information content (AvgIpc) is 3.29. The summed E-state index contributed by atoms with van der Waals surface area (Å²) in [6, 6.07) is 5.87. The van der Waals surface area contributed by atoms with Gasteiger partial charge in [-0.05, 0) is 62.9 Å². The van der Waals surface area contributed by atoms with Crippen LogP contribution < -0.4 is 10.6 Å². The Balaban J connectivity index is 0.00000225. The van der Waals surface area contributed by atoms with Gasteiger partial charge in [0.2, 0.25) is 5.91 Å². The van der Waals surface area contributed by atoms with Gasteiger partial charge in [0.15, 0.2) is 0 Å². The Labute approximate surface area is 177 Å². The number of aryl methyl sites for hydroxylation is 1. The lowest BCUT2D eigenvalue weighted by Crippen LogP contribution is -2.45. The maximum atomic E-state index is 12.2.